The third-order valence-electron chi connectivity index (χ3n) is 2.63. The van der Waals surface area contributed by atoms with Gasteiger partial charge >= 0.3 is 6.16 Å². The van der Waals surface area contributed by atoms with E-state index in [1.807, 2.05) is 36.4 Å². The van der Waals surface area contributed by atoms with E-state index in [0.29, 0.717) is 5.75 Å². The van der Waals surface area contributed by atoms with Crippen molar-refractivity contribution in [2.45, 2.75) is 19.3 Å². The Balaban J connectivity index is 0.000000477. The highest BCUT2D eigenvalue weighted by molar-refractivity contribution is 5.65. The first kappa shape index (κ1) is 14.9. The molecule has 1 aliphatic carbocycles. The second-order valence-corrected chi connectivity index (χ2v) is 4.65. The van der Waals surface area contributed by atoms with E-state index in [9.17, 15) is 4.79 Å². The summed E-state index contributed by atoms with van der Waals surface area (Å²) in [5.41, 5.74) is 0.766. The van der Waals surface area contributed by atoms with Crippen molar-refractivity contribution in [3.63, 3.8) is 0 Å². The van der Waals surface area contributed by atoms with E-state index in [4.69, 9.17) is 9.57 Å². The minimum absolute atomic E-state index is 0.448. The van der Waals surface area contributed by atoms with Crippen molar-refractivity contribution in [1.29, 1.82) is 0 Å². The van der Waals surface area contributed by atoms with Crippen molar-refractivity contribution in [3.05, 3.63) is 60.7 Å². The first-order chi connectivity index (χ1) is 10.3. The first-order valence-corrected chi connectivity index (χ1v) is 6.99. The van der Waals surface area contributed by atoms with Gasteiger partial charge in [0.1, 0.15) is 5.75 Å². The highest BCUT2D eigenvalue weighted by atomic mass is 16.8. The summed E-state index contributed by atoms with van der Waals surface area (Å²) < 4.78 is 5.00. The van der Waals surface area contributed by atoms with Gasteiger partial charge in [0.05, 0.1) is 5.69 Å². The van der Waals surface area contributed by atoms with Gasteiger partial charge < -0.3 is 9.57 Å². The SMILES string of the molecule is C1CC1.CN(OC(=O)Oc1ccccc1)c1ccccc1. The second kappa shape index (κ2) is 7.94. The Morgan fingerprint density at radius 1 is 0.905 bits per heavy atom. The number of ether oxygens (including phenoxy) is 1. The topological polar surface area (TPSA) is 38.8 Å². The van der Waals surface area contributed by atoms with Crippen LogP contribution in [0.3, 0.4) is 0 Å². The Morgan fingerprint density at radius 3 is 1.95 bits per heavy atom. The molecule has 4 heteroatoms. The number of anilines is 1. The van der Waals surface area contributed by atoms with Crippen LogP contribution in [0.2, 0.25) is 0 Å². The van der Waals surface area contributed by atoms with Crippen LogP contribution in [0.15, 0.2) is 60.7 Å². The molecule has 0 aromatic heterocycles. The van der Waals surface area contributed by atoms with Gasteiger partial charge in [-0.15, -0.1) is 0 Å². The molecule has 21 heavy (non-hydrogen) atoms. The fourth-order valence-electron chi connectivity index (χ4n) is 1.41. The molecule has 0 spiro atoms. The largest absolute Gasteiger partial charge is 0.539 e. The van der Waals surface area contributed by atoms with Gasteiger partial charge in [0.15, 0.2) is 0 Å². The average Bonchev–Trinajstić information content (AvgIpc) is 3.37. The van der Waals surface area contributed by atoms with Crippen LogP contribution in [0.5, 0.6) is 5.75 Å². The summed E-state index contributed by atoms with van der Waals surface area (Å²) in [6.45, 7) is 0. The van der Waals surface area contributed by atoms with Gasteiger partial charge in [-0.3, -0.25) is 0 Å². The minimum Gasteiger partial charge on any atom is -0.393 e. The molecule has 1 fully saturated rings. The Hall–Kier alpha value is -2.49. The van der Waals surface area contributed by atoms with Gasteiger partial charge in [-0.2, -0.15) is 0 Å². The lowest BCUT2D eigenvalue weighted by molar-refractivity contribution is 0.0935. The molecule has 0 amide bonds. The van der Waals surface area contributed by atoms with Crippen LogP contribution in [0.4, 0.5) is 10.5 Å². The van der Waals surface area contributed by atoms with Crippen molar-refractivity contribution in [3.8, 4) is 5.75 Å². The minimum atomic E-state index is -0.771. The molecule has 0 atom stereocenters. The molecule has 0 N–H and O–H groups in total. The predicted octanol–water partition coefficient (Wildman–Crippen LogP) is 4.42. The van der Waals surface area contributed by atoms with Crippen LogP contribution in [0.25, 0.3) is 0 Å². The third kappa shape index (κ3) is 5.99. The number of carbonyl (C=O) groups is 1. The van der Waals surface area contributed by atoms with Crippen LogP contribution in [0, 0.1) is 0 Å². The van der Waals surface area contributed by atoms with Gasteiger partial charge in [0, 0.05) is 7.05 Å². The molecule has 0 heterocycles. The van der Waals surface area contributed by atoms with Gasteiger partial charge in [0.25, 0.3) is 0 Å². The molecular weight excluding hydrogens is 266 g/mol. The average molecular weight is 285 g/mol. The monoisotopic (exact) mass is 285 g/mol. The van der Waals surface area contributed by atoms with Gasteiger partial charge in [-0.05, 0) is 24.3 Å². The van der Waals surface area contributed by atoms with E-state index in [2.05, 4.69) is 0 Å². The quantitative estimate of drug-likeness (QED) is 0.475. The van der Waals surface area contributed by atoms with E-state index in [1.54, 1.807) is 31.3 Å². The van der Waals surface area contributed by atoms with Gasteiger partial charge in [0.2, 0.25) is 0 Å². The third-order valence-corrected chi connectivity index (χ3v) is 2.63. The lowest BCUT2D eigenvalue weighted by atomic mass is 10.3. The number of rotatable bonds is 3. The molecule has 2 aromatic carbocycles. The zero-order valence-corrected chi connectivity index (χ0v) is 12.1. The number of hydrogen-bond donors (Lipinski definition) is 0. The maximum absolute atomic E-state index is 11.5. The smallest absolute Gasteiger partial charge is 0.393 e. The molecular formula is C17H19NO3. The number of nitrogens with zero attached hydrogens (tertiary/aromatic N) is 1. The Morgan fingerprint density at radius 2 is 1.43 bits per heavy atom. The summed E-state index contributed by atoms with van der Waals surface area (Å²) in [6.07, 6.45) is 3.73. The van der Waals surface area contributed by atoms with Crippen LogP contribution in [-0.4, -0.2) is 13.2 Å². The van der Waals surface area contributed by atoms with Crippen LogP contribution in [-0.2, 0) is 4.84 Å². The number of para-hydroxylation sites is 2. The fraction of sp³-hybridized carbons (Fsp3) is 0.235. The van der Waals surface area contributed by atoms with Crippen molar-refractivity contribution in [1.82, 2.24) is 0 Å². The highest BCUT2D eigenvalue weighted by Gasteiger charge is 2.10. The van der Waals surface area contributed by atoms with Gasteiger partial charge in [-0.25, -0.2) is 9.86 Å². The number of hydrogen-bond acceptors (Lipinski definition) is 4. The Bertz CT molecular complexity index is 538. The van der Waals surface area contributed by atoms with Crippen molar-refractivity contribution in [2.75, 3.05) is 12.1 Å². The number of hydroxylamine groups is 1. The summed E-state index contributed by atoms with van der Waals surface area (Å²) in [4.78, 5) is 16.5. The zero-order valence-electron chi connectivity index (χ0n) is 12.1. The second-order valence-electron chi connectivity index (χ2n) is 4.65. The summed E-state index contributed by atoms with van der Waals surface area (Å²) in [5, 5.41) is 1.35. The molecule has 110 valence electrons. The zero-order chi connectivity index (χ0) is 14.9. The molecule has 0 unspecified atom stereocenters. The van der Waals surface area contributed by atoms with Gasteiger partial charge in [-0.1, -0.05) is 55.7 Å². The highest BCUT2D eigenvalue weighted by Crippen LogP contribution is 2.15. The number of carbonyl (C=O) groups excluding carboxylic acids is 1. The Labute approximate surface area is 124 Å². The molecule has 4 nitrogen and oxygen atoms in total. The van der Waals surface area contributed by atoms with E-state index >= 15 is 0 Å². The first-order valence-electron chi connectivity index (χ1n) is 6.99. The van der Waals surface area contributed by atoms with E-state index in [-0.39, 0.29) is 0 Å². The Kier molecular flexibility index (Phi) is 5.64. The standard InChI is InChI=1S/C14H13NO3.C3H6/c1-15(12-8-4-2-5-9-12)18-14(16)17-13-10-6-3-7-11-13;1-2-3-1/h2-11H,1H3;1-3H2. The maximum Gasteiger partial charge on any atom is 0.539 e. The maximum atomic E-state index is 11.5. The van der Waals surface area contributed by atoms with Crippen LogP contribution in [0.1, 0.15) is 19.3 Å². The predicted molar refractivity (Wildman–Crippen MR) is 82.2 cm³/mol. The molecule has 0 radical (unpaired) electrons. The van der Waals surface area contributed by atoms with Crippen LogP contribution >= 0.6 is 0 Å². The summed E-state index contributed by atoms with van der Waals surface area (Å²) in [7, 11) is 1.64. The fourth-order valence-corrected chi connectivity index (χ4v) is 1.41. The summed E-state index contributed by atoms with van der Waals surface area (Å²) in [6, 6.07) is 18.0. The summed E-state index contributed by atoms with van der Waals surface area (Å²) >= 11 is 0. The van der Waals surface area contributed by atoms with Crippen molar-refractivity contribution in [2.24, 2.45) is 0 Å². The van der Waals surface area contributed by atoms with E-state index < -0.39 is 6.16 Å². The van der Waals surface area contributed by atoms with Crippen molar-refractivity contribution < 1.29 is 14.4 Å². The molecule has 3 rings (SSSR count). The molecule has 0 bridgehead atoms. The normalized spacial score (nSPS) is 11.7. The lowest BCUT2D eigenvalue weighted by Gasteiger charge is -2.17. The summed E-state index contributed by atoms with van der Waals surface area (Å²) in [5.74, 6) is 0.448. The molecule has 1 saturated carbocycles. The molecule has 0 saturated heterocycles. The van der Waals surface area contributed by atoms with Crippen LogP contribution < -0.4 is 9.80 Å². The molecule has 2 aromatic rings. The lowest BCUT2D eigenvalue weighted by Crippen LogP contribution is -2.24. The number of benzene rings is 2. The van der Waals surface area contributed by atoms with E-state index in [1.165, 1.54) is 24.3 Å². The molecule has 0 aliphatic heterocycles. The van der Waals surface area contributed by atoms with Crippen molar-refractivity contribution >= 4 is 11.8 Å². The van der Waals surface area contributed by atoms with E-state index in [0.717, 1.165) is 5.69 Å². The molecule has 1 aliphatic rings.